The minimum absolute atomic E-state index is 0.0268. The first-order valence-corrected chi connectivity index (χ1v) is 11.3. The number of amides is 2. The molecule has 2 heterocycles. The standard InChI is InChI=1S/C23H26N4O4S/c1-11(2)31-16-9-8-15(10-17(16)30-5)21(28)26-27-22(29)19-12(3)18-13(4)24-20(14-6-7-14)25-23(18)32-19/h8-11,14H,6-7H2,1-5H3,(H,26,28)(H,27,29). The summed E-state index contributed by atoms with van der Waals surface area (Å²) in [4.78, 5) is 36.0. The van der Waals surface area contributed by atoms with Crippen molar-refractivity contribution in [2.24, 2.45) is 0 Å². The topological polar surface area (TPSA) is 102 Å². The van der Waals surface area contributed by atoms with Gasteiger partial charge in [0.2, 0.25) is 0 Å². The van der Waals surface area contributed by atoms with E-state index in [0.717, 1.165) is 40.1 Å². The highest BCUT2D eigenvalue weighted by Crippen LogP contribution is 2.40. The molecular formula is C23H26N4O4S. The van der Waals surface area contributed by atoms with Gasteiger partial charge in [0.25, 0.3) is 11.8 Å². The van der Waals surface area contributed by atoms with Crippen LogP contribution in [-0.4, -0.2) is 35.0 Å². The van der Waals surface area contributed by atoms with E-state index in [0.29, 0.717) is 27.9 Å². The van der Waals surface area contributed by atoms with E-state index in [1.54, 1.807) is 18.2 Å². The second kappa shape index (κ2) is 8.74. The highest BCUT2D eigenvalue weighted by atomic mass is 32.1. The van der Waals surface area contributed by atoms with Crippen molar-refractivity contribution < 1.29 is 19.1 Å². The van der Waals surface area contributed by atoms with Crippen LogP contribution in [0.2, 0.25) is 0 Å². The van der Waals surface area contributed by atoms with E-state index in [-0.39, 0.29) is 6.10 Å². The molecule has 8 nitrogen and oxygen atoms in total. The molecule has 0 atom stereocenters. The van der Waals surface area contributed by atoms with Crippen LogP contribution in [0, 0.1) is 13.8 Å². The van der Waals surface area contributed by atoms with E-state index in [2.05, 4.69) is 20.8 Å². The number of aromatic nitrogens is 2. The molecule has 1 aliphatic rings. The number of ether oxygens (including phenoxy) is 2. The maximum Gasteiger partial charge on any atom is 0.280 e. The molecule has 0 unspecified atom stereocenters. The Morgan fingerprint density at radius 3 is 2.47 bits per heavy atom. The van der Waals surface area contributed by atoms with Crippen LogP contribution in [0.3, 0.4) is 0 Å². The Morgan fingerprint density at radius 2 is 1.81 bits per heavy atom. The first-order chi connectivity index (χ1) is 15.3. The average Bonchev–Trinajstić information content (AvgIpc) is 3.55. The highest BCUT2D eigenvalue weighted by molar-refractivity contribution is 7.20. The molecule has 3 aromatic rings. The molecule has 0 aliphatic heterocycles. The van der Waals surface area contributed by atoms with Gasteiger partial charge in [0.15, 0.2) is 11.5 Å². The van der Waals surface area contributed by atoms with E-state index in [1.807, 2.05) is 27.7 Å². The Labute approximate surface area is 190 Å². The van der Waals surface area contributed by atoms with Crippen LogP contribution in [0.15, 0.2) is 18.2 Å². The van der Waals surface area contributed by atoms with Gasteiger partial charge >= 0.3 is 0 Å². The molecule has 4 rings (SSSR count). The van der Waals surface area contributed by atoms with Crippen molar-refractivity contribution in [1.82, 2.24) is 20.8 Å². The normalized spacial score (nSPS) is 13.3. The molecule has 2 aromatic heterocycles. The van der Waals surface area contributed by atoms with Crippen LogP contribution in [0.4, 0.5) is 0 Å². The molecule has 1 aromatic carbocycles. The third kappa shape index (κ3) is 4.38. The van der Waals surface area contributed by atoms with Gasteiger partial charge in [0.05, 0.1) is 23.8 Å². The van der Waals surface area contributed by atoms with E-state index >= 15 is 0 Å². The summed E-state index contributed by atoms with van der Waals surface area (Å²) < 4.78 is 11.0. The number of thiophene rings is 1. The average molecular weight is 455 g/mol. The van der Waals surface area contributed by atoms with Gasteiger partial charge < -0.3 is 9.47 Å². The number of rotatable bonds is 6. The number of fused-ring (bicyclic) bond motifs is 1. The monoisotopic (exact) mass is 454 g/mol. The Balaban J connectivity index is 1.49. The number of benzene rings is 1. The first-order valence-electron chi connectivity index (χ1n) is 10.5. The quantitative estimate of drug-likeness (QED) is 0.545. The van der Waals surface area contributed by atoms with E-state index in [1.165, 1.54) is 18.4 Å². The summed E-state index contributed by atoms with van der Waals surface area (Å²) >= 11 is 1.32. The summed E-state index contributed by atoms with van der Waals surface area (Å²) in [6.07, 6.45) is 2.20. The fourth-order valence-corrected chi connectivity index (χ4v) is 4.64. The number of hydrazine groups is 1. The molecule has 0 radical (unpaired) electrons. The number of hydrogen-bond acceptors (Lipinski definition) is 7. The molecule has 1 fully saturated rings. The molecule has 9 heteroatoms. The highest BCUT2D eigenvalue weighted by Gasteiger charge is 2.28. The number of carbonyl (C=O) groups excluding carboxylic acids is 2. The van der Waals surface area contributed by atoms with Gasteiger partial charge in [0.1, 0.15) is 10.7 Å². The van der Waals surface area contributed by atoms with Crippen molar-refractivity contribution in [3.63, 3.8) is 0 Å². The van der Waals surface area contributed by atoms with Crippen molar-refractivity contribution in [2.75, 3.05) is 7.11 Å². The molecule has 2 N–H and O–H groups in total. The van der Waals surface area contributed by atoms with Gasteiger partial charge in [-0.05, 0) is 64.3 Å². The Bertz CT molecular complexity index is 1200. The number of carbonyl (C=O) groups is 2. The predicted octanol–water partition coefficient (Wildman–Crippen LogP) is 4.06. The summed E-state index contributed by atoms with van der Waals surface area (Å²) in [7, 11) is 1.51. The Hall–Kier alpha value is -3.20. The molecule has 168 valence electrons. The van der Waals surface area contributed by atoms with Crippen molar-refractivity contribution in [3.8, 4) is 11.5 Å². The number of hydrogen-bond donors (Lipinski definition) is 2. The molecular weight excluding hydrogens is 428 g/mol. The SMILES string of the molecule is COc1cc(C(=O)NNC(=O)c2sc3nc(C4CC4)nc(C)c3c2C)ccc1OC(C)C. The van der Waals surface area contributed by atoms with E-state index in [4.69, 9.17) is 9.47 Å². The van der Waals surface area contributed by atoms with Crippen molar-refractivity contribution in [3.05, 3.63) is 45.7 Å². The lowest BCUT2D eigenvalue weighted by atomic mass is 10.1. The third-order valence-electron chi connectivity index (χ3n) is 5.22. The largest absolute Gasteiger partial charge is 0.493 e. The van der Waals surface area contributed by atoms with Crippen molar-refractivity contribution >= 4 is 33.4 Å². The van der Waals surface area contributed by atoms with Crippen molar-refractivity contribution in [2.45, 2.75) is 52.6 Å². The zero-order chi connectivity index (χ0) is 23.0. The zero-order valence-electron chi connectivity index (χ0n) is 18.7. The van der Waals surface area contributed by atoms with Gasteiger partial charge in [-0.2, -0.15) is 0 Å². The van der Waals surface area contributed by atoms with Crippen LogP contribution in [0.1, 0.15) is 69.7 Å². The molecule has 32 heavy (non-hydrogen) atoms. The predicted molar refractivity (Wildman–Crippen MR) is 123 cm³/mol. The first kappa shape index (κ1) is 22.0. The van der Waals surface area contributed by atoms with Gasteiger partial charge in [-0.3, -0.25) is 20.4 Å². The molecule has 0 saturated heterocycles. The summed E-state index contributed by atoms with van der Waals surface area (Å²) in [6, 6.07) is 4.86. The number of methoxy groups -OCH3 is 1. The lowest BCUT2D eigenvalue weighted by molar-refractivity contribution is 0.0848. The van der Waals surface area contributed by atoms with Gasteiger partial charge in [-0.25, -0.2) is 9.97 Å². The molecule has 0 spiro atoms. The maximum absolute atomic E-state index is 12.8. The minimum atomic E-state index is -0.460. The van der Waals surface area contributed by atoms with Crippen LogP contribution >= 0.6 is 11.3 Å². The molecule has 0 bridgehead atoms. The summed E-state index contributed by atoms with van der Waals surface area (Å²) in [6.45, 7) is 7.64. The third-order valence-corrected chi connectivity index (χ3v) is 6.40. The van der Waals surface area contributed by atoms with Crippen LogP contribution in [0.5, 0.6) is 11.5 Å². The van der Waals surface area contributed by atoms with Gasteiger partial charge in [0, 0.05) is 16.9 Å². The van der Waals surface area contributed by atoms with E-state index < -0.39 is 11.8 Å². The Kier molecular flexibility index (Phi) is 6.01. The summed E-state index contributed by atoms with van der Waals surface area (Å²) in [5, 5.41) is 0.904. The second-order valence-electron chi connectivity index (χ2n) is 8.12. The van der Waals surface area contributed by atoms with Crippen LogP contribution in [0.25, 0.3) is 10.2 Å². The van der Waals surface area contributed by atoms with Crippen LogP contribution in [-0.2, 0) is 0 Å². The Morgan fingerprint density at radius 1 is 1.09 bits per heavy atom. The second-order valence-corrected chi connectivity index (χ2v) is 9.12. The maximum atomic E-state index is 12.8. The van der Waals surface area contributed by atoms with Gasteiger partial charge in [-0.1, -0.05) is 0 Å². The van der Waals surface area contributed by atoms with Crippen molar-refractivity contribution in [1.29, 1.82) is 0 Å². The lowest BCUT2D eigenvalue weighted by Gasteiger charge is -2.14. The van der Waals surface area contributed by atoms with Crippen LogP contribution < -0.4 is 20.3 Å². The number of nitrogens with zero attached hydrogens (tertiary/aromatic N) is 2. The number of nitrogens with one attached hydrogen (secondary N) is 2. The number of aryl methyl sites for hydroxylation is 2. The zero-order valence-corrected chi connectivity index (χ0v) is 19.6. The van der Waals surface area contributed by atoms with Gasteiger partial charge in [-0.15, -0.1) is 11.3 Å². The molecule has 1 aliphatic carbocycles. The van der Waals surface area contributed by atoms with E-state index in [9.17, 15) is 9.59 Å². The lowest BCUT2D eigenvalue weighted by Crippen LogP contribution is -2.41. The molecule has 2 amide bonds. The smallest absolute Gasteiger partial charge is 0.280 e. The minimum Gasteiger partial charge on any atom is -0.493 e. The summed E-state index contributed by atoms with van der Waals surface area (Å²) in [5.74, 6) is 1.43. The fraction of sp³-hybridized carbons (Fsp3) is 0.391. The molecule has 1 saturated carbocycles. The summed E-state index contributed by atoms with van der Waals surface area (Å²) in [5.41, 5.74) is 7.00. The fourth-order valence-electron chi connectivity index (χ4n) is 3.50.